The summed E-state index contributed by atoms with van der Waals surface area (Å²) in [6.07, 6.45) is 0. The van der Waals surface area contributed by atoms with Gasteiger partial charge in [0, 0.05) is 6.58 Å². The molecule has 0 aromatic carbocycles. The Balaban J connectivity index is 2.80. The Morgan fingerprint density at radius 1 is 2.00 bits per heavy atom. The van der Waals surface area contributed by atoms with Crippen molar-refractivity contribution in [3.8, 4) is 0 Å². The maximum Gasteiger partial charge on any atom is 0.327 e. The van der Waals surface area contributed by atoms with E-state index in [1.165, 1.54) is 0 Å². The van der Waals surface area contributed by atoms with Crippen molar-refractivity contribution in [2.45, 2.75) is 0 Å². The second-order valence-electron chi connectivity index (χ2n) is 0.491. The van der Waals surface area contributed by atoms with Crippen LogP contribution in [0.3, 0.4) is 0 Å². The SMILES string of the molecule is C=C([NH2+])O. The topological polar surface area (TPSA) is 45.5 Å². The zero-order valence-corrected chi connectivity index (χ0v) is 2.23. The molecule has 0 bridgehead atoms. The fraction of sp³-hybridized carbons (Fsp3) is 0. The number of rotatable bonds is 0. The van der Waals surface area contributed by atoms with Crippen molar-refractivity contribution >= 4 is 0 Å². The van der Waals surface area contributed by atoms with Gasteiger partial charge in [0.2, 0.25) is 0 Å². The molecule has 2 heteroatoms. The van der Waals surface area contributed by atoms with Gasteiger partial charge in [0.1, 0.15) is 0 Å². The quantitative estimate of drug-likeness (QED) is 0.347. The minimum Gasteiger partial charge on any atom is -0.464 e. The summed E-state index contributed by atoms with van der Waals surface area (Å²) in [4.78, 5) is 0. The summed E-state index contributed by atoms with van der Waals surface area (Å²) in [5.74, 6) is -0.333. The summed E-state index contributed by atoms with van der Waals surface area (Å²) in [6.45, 7) is 2.89. The van der Waals surface area contributed by atoms with Gasteiger partial charge in [0.15, 0.2) is 0 Å². The molecule has 4 heavy (non-hydrogen) atoms. The number of hydrogen-bond acceptors (Lipinski definition) is 2. The molecular formula is C2H5NO+. The molecule has 2 nitrogen and oxygen atoms in total. The normalized spacial score (nSPS) is 6.25. The molecule has 3 N–H and O–H groups in total. The minimum absolute atomic E-state index is 0.333. The molecule has 0 amide bonds. The minimum atomic E-state index is -0.333. The zero-order valence-electron chi connectivity index (χ0n) is 2.23. The van der Waals surface area contributed by atoms with Gasteiger partial charge in [-0.2, -0.15) is 0 Å². The number of aliphatic hydroxyl groups is 1. The molecule has 0 saturated heterocycles. The van der Waals surface area contributed by atoms with Gasteiger partial charge in [-0.05, 0) is 0 Å². The Labute approximate surface area is 24.5 Å². The predicted molar refractivity (Wildman–Crippen MR) is 13.7 cm³/mol. The fourth-order valence-corrected chi connectivity index (χ4v) is 0. The Hall–Kier alpha value is -0.500. The van der Waals surface area contributed by atoms with Crippen molar-refractivity contribution in [3.05, 3.63) is 12.5 Å². The Bertz CT molecular complexity index is 29.0. The van der Waals surface area contributed by atoms with Crippen LogP contribution in [0.25, 0.3) is 0 Å². The molecule has 0 unspecified atom stereocenters. The molecule has 0 aromatic rings. The van der Waals surface area contributed by atoms with E-state index in [0.29, 0.717) is 0 Å². The van der Waals surface area contributed by atoms with E-state index in [4.69, 9.17) is 5.11 Å². The van der Waals surface area contributed by atoms with Gasteiger partial charge in [0.05, 0.1) is 0 Å². The predicted octanol–water partition coefficient (Wildman–Crippen LogP) is -0.957. The third-order valence-electron chi connectivity index (χ3n) is 0. The van der Waals surface area contributed by atoms with Crippen molar-refractivity contribution in [2.75, 3.05) is 0 Å². The highest BCUT2D eigenvalue weighted by Gasteiger charge is 1.66. The van der Waals surface area contributed by atoms with E-state index < -0.39 is 0 Å². The molecule has 0 saturated carbocycles. The third kappa shape index (κ3) is 1.50. The van der Waals surface area contributed by atoms with Gasteiger partial charge >= 0.3 is 5.88 Å². The first-order chi connectivity index (χ1) is 1.73. The first-order valence-electron chi connectivity index (χ1n) is 0.866. The van der Waals surface area contributed by atoms with Gasteiger partial charge in [-0.3, -0.25) is 0 Å². The van der Waals surface area contributed by atoms with Crippen LogP contribution in [0.5, 0.6) is 0 Å². The second-order valence-corrected chi connectivity index (χ2v) is 0.491. The Morgan fingerprint density at radius 2 is 2.00 bits per heavy atom. The molecule has 0 heterocycles. The molecule has 0 aromatic heterocycles. The monoisotopic (exact) mass is 59.0 g/mol. The van der Waals surface area contributed by atoms with E-state index >= 15 is 0 Å². The first kappa shape index (κ1) is 3.50. The summed E-state index contributed by atoms with van der Waals surface area (Å²) < 4.78 is 0. The van der Waals surface area contributed by atoms with E-state index in [1.807, 2.05) is 0 Å². The van der Waals surface area contributed by atoms with Crippen LogP contribution in [-0.4, -0.2) is 5.11 Å². The van der Waals surface area contributed by atoms with E-state index in [-0.39, 0.29) is 5.88 Å². The fourth-order valence-electron chi connectivity index (χ4n) is 0. The largest absolute Gasteiger partial charge is 0.464 e. The maximum absolute atomic E-state index is 7.64. The van der Waals surface area contributed by atoms with Crippen LogP contribution in [0, 0.1) is 0 Å². The zero-order chi connectivity index (χ0) is 3.58. The molecule has 0 atom stereocenters. The van der Waals surface area contributed by atoms with Gasteiger partial charge in [-0.25, -0.2) is 0 Å². The molecule has 0 spiro atoms. The Morgan fingerprint density at radius 3 is 2.00 bits per heavy atom. The highest BCUT2D eigenvalue weighted by Crippen LogP contribution is 1.43. The average Bonchev–Trinajstić information content (AvgIpc) is 0.811. The second kappa shape index (κ2) is 0.900. The van der Waals surface area contributed by atoms with Crippen LogP contribution in [0.4, 0.5) is 0 Å². The number of nitrogens with two attached hydrogens (primary N) is 1. The van der Waals surface area contributed by atoms with Crippen LogP contribution >= 0.6 is 0 Å². The lowest BCUT2D eigenvalue weighted by atomic mass is 11.0. The standard InChI is InChI=1S/C2H5NO/c1-2(3)4/h4H,1,3H2/q+1. The summed E-state index contributed by atoms with van der Waals surface area (Å²) >= 11 is 0. The lowest BCUT2D eigenvalue weighted by Gasteiger charge is -1.58. The molecule has 0 aliphatic heterocycles. The molecular weight excluding hydrogens is 54.0 g/mol. The lowest BCUT2D eigenvalue weighted by Crippen LogP contribution is -2.46. The number of hydrogen-bond donors (Lipinski definition) is 2. The summed E-state index contributed by atoms with van der Waals surface area (Å²) in [7, 11) is 0. The van der Waals surface area contributed by atoms with Crippen LogP contribution in [0.15, 0.2) is 12.5 Å². The van der Waals surface area contributed by atoms with Gasteiger partial charge in [-0.15, -0.1) is 5.73 Å². The average molecular weight is 59.1 g/mol. The smallest absolute Gasteiger partial charge is 0.327 e. The van der Waals surface area contributed by atoms with E-state index in [1.54, 1.807) is 0 Å². The molecule has 23 valence electrons. The third-order valence-corrected chi connectivity index (χ3v) is 0. The van der Waals surface area contributed by atoms with Crippen molar-refractivity contribution in [3.63, 3.8) is 0 Å². The van der Waals surface area contributed by atoms with Crippen LogP contribution in [-0.2, 0) is 0 Å². The summed E-state index contributed by atoms with van der Waals surface area (Å²) in [5, 5.41) is 7.64. The van der Waals surface area contributed by atoms with Gasteiger partial charge in [0.25, 0.3) is 0 Å². The van der Waals surface area contributed by atoms with E-state index in [9.17, 15) is 0 Å². The Kier molecular flexibility index (Phi) is 0.787. The van der Waals surface area contributed by atoms with Crippen LogP contribution in [0.1, 0.15) is 0 Å². The molecule has 0 rings (SSSR count). The van der Waals surface area contributed by atoms with Crippen LogP contribution in [0.2, 0.25) is 0 Å². The van der Waals surface area contributed by atoms with Crippen molar-refractivity contribution in [2.24, 2.45) is 0 Å². The summed E-state index contributed by atoms with van der Waals surface area (Å²) in [5.41, 5.74) is 4.47. The van der Waals surface area contributed by atoms with Crippen LogP contribution < -0.4 is 5.73 Å². The maximum atomic E-state index is 7.64. The van der Waals surface area contributed by atoms with Crippen molar-refractivity contribution < 1.29 is 10.8 Å². The molecule has 1 radical (unpaired) electrons. The highest BCUT2D eigenvalue weighted by molar-refractivity contribution is 4.51. The molecule has 0 aliphatic carbocycles. The molecule has 0 aliphatic rings. The first-order valence-corrected chi connectivity index (χ1v) is 0.866. The van der Waals surface area contributed by atoms with E-state index in [0.717, 1.165) is 0 Å². The summed E-state index contributed by atoms with van der Waals surface area (Å²) in [6, 6.07) is 0. The van der Waals surface area contributed by atoms with E-state index in [2.05, 4.69) is 12.3 Å². The van der Waals surface area contributed by atoms with Gasteiger partial charge < -0.3 is 5.11 Å². The van der Waals surface area contributed by atoms with Gasteiger partial charge in [-0.1, -0.05) is 0 Å². The van der Waals surface area contributed by atoms with Crippen molar-refractivity contribution in [1.82, 2.24) is 0 Å². The highest BCUT2D eigenvalue weighted by atomic mass is 16.3. The lowest BCUT2D eigenvalue weighted by molar-refractivity contribution is -0.347. The molecule has 0 fully saturated rings. The van der Waals surface area contributed by atoms with Crippen molar-refractivity contribution in [1.29, 1.82) is 0 Å². The number of aliphatic hydroxyl groups excluding tert-OH is 1.